The molecule has 1 N–H and O–H groups in total. The summed E-state index contributed by atoms with van der Waals surface area (Å²) in [5.41, 5.74) is 0. The van der Waals surface area contributed by atoms with Gasteiger partial charge in [0.05, 0.1) is 13.2 Å². The molecule has 0 aromatic carbocycles. The number of ether oxygens (including phenoxy) is 1. The molecule has 0 bridgehead atoms. The molecule has 1 unspecified atom stereocenters. The van der Waals surface area contributed by atoms with E-state index in [1.54, 1.807) is 7.11 Å². The van der Waals surface area contributed by atoms with Gasteiger partial charge in [-0.1, -0.05) is 6.92 Å². The Kier molecular flexibility index (Phi) is 8.58. The van der Waals surface area contributed by atoms with E-state index in [0.29, 0.717) is 5.92 Å². The standard InChI is InChI=1S/C15H25N3OS.HI/c1-4-13-5-6-14(20-13)9-17-15(16-2)18-8-7-12(10-18)11-19-3;/h5-6,12H,4,7-11H2,1-3H3,(H,16,17);1H. The number of methoxy groups -OCH3 is 1. The Hall–Kier alpha value is -0.340. The normalized spacial score (nSPS) is 18.7. The molecule has 2 rings (SSSR count). The van der Waals surface area contributed by atoms with Gasteiger partial charge in [-0.05, 0) is 25.0 Å². The van der Waals surface area contributed by atoms with Crippen molar-refractivity contribution in [1.82, 2.24) is 10.2 Å². The van der Waals surface area contributed by atoms with Crippen LogP contribution in [-0.2, 0) is 17.7 Å². The van der Waals surface area contributed by atoms with Gasteiger partial charge in [0.1, 0.15) is 0 Å². The highest BCUT2D eigenvalue weighted by Gasteiger charge is 2.24. The molecular weight excluding hydrogens is 397 g/mol. The topological polar surface area (TPSA) is 36.9 Å². The van der Waals surface area contributed by atoms with Crippen LogP contribution in [0.15, 0.2) is 17.1 Å². The van der Waals surface area contributed by atoms with Crippen molar-refractivity contribution < 1.29 is 4.74 Å². The molecule has 21 heavy (non-hydrogen) atoms. The summed E-state index contributed by atoms with van der Waals surface area (Å²) in [5.74, 6) is 1.64. The van der Waals surface area contributed by atoms with Crippen molar-refractivity contribution in [2.24, 2.45) is 10.9 Å². The molecule has 0 amide bonds. The van der Waals surface area contributed by atoms with Gasteiger partial charge in [-0.3, -0.25) is 4.99 Å². The van der Waals surface area contributed by atoms with E-state index in [9.17, 15) is 0 Å². The molecule has 1 aromatic heterocycles. The molecule has 0 spiro atoms. The van der Waals surface area contributed by atoms with Crippen molar-refractivity contribution in [2.45, 2.75) is 26.3 Å². The van der Waals surface area contributed by atoms with Crippen molar-refractivity contribution in [3.8, 4) is 0 Å². The molecule has 1 saturated heterocycles. The Morgan fingerprint density at radius 3 is 2.86 bits per heavy atom. The van der Waals surface area contributed by atoms with Gasteiger partial charge in [0.25, 0.3) is 0 Å². The Balaban J connectivity index is 0.00000220. The third-order valence-corrected chi connectivity index (χ3v) is 4.92. The molecule has 2 heterocycles. The van der Waals surface area contributed by atoms with E-state index in [-0.39, 0.29) is 24.0 Å². The zero-order valence-electron chi connectivity index (χ0n) is 13.1. The maximum absolute atomic E-state index is 5.25. The van der Waals surface area contributed by atoms with Crippen LogP contribution in [0.2, 0.25) is 0 Å². The summed E-state index contributed by atoms with van der Waals surface area (Å²) in [5, 5.41) is 3.47. The molecule has 0 radical (unpaired) electrons. The fourth-order valence-corrected chi connectivity index (χ4v) is 3.50. The summed E-state index contributed by atoms with van der Waals surface area (Å²) in [6.07, 6.45) is 2.30. The summed E-state index contributed by atoms with van der Waals surface area (Å²) in [6.45, 7) is 6.01. The lowest BCUT2D eigenvalue weighted by atomic mass is 10.1. The number of nitrogens with zero attached hydrogens (tertiary/aromatic N) is 2. The number of halogens is 1. The van der Waals surface area contributed by atoms with Crippen molar-refractivity contribution in [2.75, 3.05) is 33.9 Å². The van der Waals surface area contributed by atoms with Crippen LogP contribution in [0.3, 0.4) is 0 Å². The van der Waals surface area contributed by atoms with Gasteiger partial charge in [-0.15, -0.1) is 35.3 Å². The predicted octanol–water partition coefficient (Wildman–Crippen LogP) is 2.97. The van der Waals surface area contributed by atoms with Crippen molar-refractivity contribution >= 4 is 41.3 Å². The van der Waals surface area contributed by atoms with Crippen molar-refractivity contribution in [3.05, 3.63) is 21.9 Å². The van der Waals surface area contributed by atoms with Crippen LogP contribution < -0.4 is 5.32 Å². The average molecular weight is 423 g/mol. The van der Waals surface area contributed by atoms with Gasteiger partial charge in [-0.25, -0.2) is 0 Å². The van der Waals surface area contributed by atoms with Crippen LogP contribution in [-0.4, -0.2) is 44.7 Å². The van der Waals surface area contributed by atoms with Gasteiger partial charge in [0, 0.05) is 42.9 Å². The highest BCUT2D eigenvalue weighted by atomic mass is 127. The number of guanidine groups is 1. The van der Waals surface area contributed by atoms with E-state index < -0.39 is 0 Å². The Bertz CT molecular complexity index is 450. The lowest BCUT2D eigenvalue weighted by molar-refractivity contribution is 0.157. The summed E-state index contributed by atoms with van der Waals surface area (Å²) < 4.78 is 5.25. The minimum absolute atomic E-state index is 0. The maximum atomic E-state index is 5.25. The molecule has 120 valence electrons. The van der Waals surface area contributed by atoms with Crippen LogP contribution in [0.4, 0.5) is 0 Å². The highest BCUT2D eigenvalue weighted by molar-refractivity contribution is 14.0. The fraction of sp³-hybridized carbons (Fsp3) is 0.667. The molecule has 1 fully saturated rings. The number of hydrogen-bond donors (Lipinski definition) is 1. The van der Waals surface area contributed by atoms with Crippen LogP contribution >= 0.6 is 35.3 Å². The zero-order chi connectivity index (χ0) is 14.4. The second-order valence-corrected chi connectivity index (χ2v) is 6.43. The molecule has 1 atom stereocenters. The minimum atomic E-state index is 0. The Morgan fingerprint density at radius 1 is 1.48 bits per heavy atom. The fourth-order valence-electron chi connectivity index (χ4n) is 2.60. The first-order valence-electron chi connectivity index (χ1n) is 7.29. The quantitative estimate of drug-likeness (QED) is 0.450. The average Bonchev–Trinajstić information content (AvgIpc) is 3.09. The Labute approximate surface area is 149 Å². The van der Waals surface area contributed by atoms with Crippen LogP contribution in [0.1, 0.15) is 23.1 Å². The first-order chi connectivity index (χ1) is 9.76. The summed E-state index contributed by atoms with van der Waals surface area (Å²) in [7, 11) is 3.63. The minimum Gasteiger partial charge on any atom is -0.384 e. The van der Waals surface area contributed by atoms with E-state index in [0.717, 1.165) is 38.6 Å². The molecule has 0 aliphatic carbocycles. The molecular formula is C15H26IN3OS. The predicted molar refractivity (Wildman–Crippen MR) is 101 cm³/mol. The third-order valence-electron chi connectivity index (χ3n) is 3.69. The number of aliphatic imine (C=N–C) groups is 1. The van der Waals surface area contributed by atoms with Crippen molar-refractivity contribution in [3.63, 3.8) is 0 Å². The third kappa shape index (κ3) is 5.41. The van der Waals surface area contributed by atoms with Gasteiger partial charge < -0.3 is 15.0 Å². The van der Waals surface area contributed by atoms with Gasteiger partial charge >= 0.3 is 0 Å². The van der Waals surface area contributed by atoms with E-state index in [1.807, 2.05) is 18.4 Å². The summed E-state index contributed by atoms with van der Waals surface area (Å²) in [6, 6.07) is 4.43. The molecule has 4 nitrogen and oxygen atoms in total. The largest absolute Gasteiger partial charge is 0.384 e. The van der Waals surface area contributed by atoms with E-state index in [4.69, 9.17) is 4.74 Å². The summed E-state index contributed by atoms with van der Waals surface area (Å²) >= 11 is 1.88. The van der Waals surface area contributed by atoms with E-state index in [1.165, 1.54) is 16.2 Å². The highest BCUT2D eigenvalue weighted by Crippen LogP contribution is 2.18. The number of aryl methyl sites for hydroxylation is 1. The lowest BCUT2D eigenvalue weighted by Gasteiger charge is -2.21. The Morgan fingerprint density at radius 2 is 2.24 bits per heavy atom. The van der Waals surface area contributed by atoms with Gasteiger partial charge in [-0.2, -0.15) is 0 Å². The number of nitrogens with one attached hydrogen (secondary N) is 1. The number of thiophene rings is 1. The first kappa shape index (κ1) is 18.7. The van der Waals surface area contributed by atoms with Crippen LogP contribution in [0.5, 0.6) is 0 Å². The van der Waals surface area contributed by atoms with Gasteiger partial charge in [0.2, 0.25) is 0 Å². The molecule has 0 saturated carbocycles. The number of hydrogen-bond acceptors (Lipinski definition) is 3. The smallest absolute Gasteiger partial charge is 0.193 e. The van der Waals surface area contributed by atoms with Gasteiger partial charge in [0.15, 0.2) is 5.96 Å². The SMILES string of the molecule is CCc1ccc(CNC(=NC)N2CCC(COC)C2)s1.I. The van der Waals surface area contributed by atoms with Crippen LogP contribution in [0.25, 0.3) is 0 Å². The monoisotopic (exact) mass is 423 g/mol. The van der Waals surface area contributed by atoms with Crippen molar-refractivity contribution in [1.29, 1.82) is 0 Å². The van der Waals surface area contributed by atoms with E-state index in [2.05, 4.69) is 34.3 Å². The molecule has 1 aliphatic rings. The zero-order valence-corrected chi connectivity index (χ0v) is 16.2. The maximum Gasteiger partial charge on any atom is 0.193 e. The van der Waals surface area contributed by atoms with Crippen LogP contribution in [0, 0.1) is 5.92 Å². The first-order valence-corrected chi connectivity index (χ1v) is 8.10. The molecule has 1 aromatic rings. The second kappa shape index (κ2) is 9.63. The lowest BCUT2D eigenvalue weighted by Crippen LogP contribution is -2.39. The van der Waals surface area contributed by atoms with E-state index >= 15 is 0 Å². The molecule has 1 aliphatic heterocycles. The second-order valence-electron chi connectivity index (χ2n) is 5.18. The summed E-state index contributed by atoms with van der Waals surface area (Å²) in [4.78, 5) is 9.55. The molecule has 6 heteroatoms. The number of likely N-dealkylation sites (tertiary alicyclic amines) is 1. The number of rotatable bonds is 5.